The van der Waals surface area contributed by atoms with Gasteiger partial charge in [-0.2, -0.15) is 0 Å². The van der Waals surface area contributed by atoms with Gasteiger partial charge < -0.3 is 0 Å². The van der Waals surface area contributed by atoms with Crippen LogP contribution in [0.5, 0.6) is 0 Å². The van der Waals surface area contributed by atoms with Gasteiger partial charge in [0.15, 0.2) is 0 Å². The van der Waals surface area contributed by atoms with Crippen LogP contribution >= 0.6 is 34.4 Å². The Hall–Kier alpha value is -2.35. The van der Waals surface area contributed by atoms with Crippen LogP contribution < -0.4 is 31.8 Å². The molecule has 0 N–H and O–H groups in total. The number of hydrogen-bond acceptors (Lipinski definition) is 1. The van der Waals surface area contributed by atoms with Gasteiger partial charge in [0.05, 0.1) is 0 Å². The molecule has 0 fully saturated rings. The van der Waals surface area contributed by atoms with Crippen LogP contribution in [0.25, 0.3) is 0 Å². The Morgan fingerprint density at radius 3 is 0.652 bits per heavy atom. The maximum absolute atomic E-state index is 15.1. The molecule has 0 bridgehead atoms. The van der Waals surface area contributed by atoms with Gasteiger partial charge >= 0.3 is 316 Å². The fourth-order valence-corrected chi connectivity index (χ4v) is 17.2. The summed E-state index contributed by atoms with van der Waals surface area (Å²) in [6.07, 6.45) is 3.57. The van der Waals surface area contributed by atoms with E-state index in [0.29, 0.717) is 0 Å². The van der Waals surface area contributed by atoms with Gasteiger partial charge in [0.2, 0.25) is 0 Å². The summed E-state index contributed by atoms with van der Waals surface area (Å²) < 4.78 is 0. The van der Waals surface area contributed by atoms with E-state index in [2.05, 4.69) is 0 Å². The Kier molecular flexibility index (Phi) is 11.8. The van der Waals surface area contributed by atoms with Crippen LogP contribution in [0.4, 0.5) is 0 Å². The number of hydrogen-bond donors (Lipinski definition) is 0. The van der Waals surface area contributed by atoms with E-state index in [1.165, 1.54) is 0 Å². The van der Waals surface area contributed by atoms with Crippen molar-refractivity contribution in [3.63, 3.8) is 0 Å². The minimum absolute atomic E-state index is 0. The number of halogens is 2. The first-order valence-corrected chi connectivity index (χ1v) is 20.9. The van der Waals surface area contributed by atoms with Crippen LogP contribution in [-0.2, 0) is 49.6 Å². The fourth-order valence-electron chi connectivity index (χ4n) is 6.17. The molecule has 0 unspecified atom stereocenters. The summed E-state index contributed by atoms with van der Waals surface area (Å²) in [6, 6.07) is 59.9. The van der Waals surface area contributed by atoms with Crippen LogP contribution in [0.2, 0.25) is 0 Å². The normalized spacial score (nSPS) is 12.8. The molecule has 0 saturated carbocycles. The van der Waals surface area contributed by atoms with Gasteiger partial charge in [0.25, 0.3) is 0 Å². The molecule has 0 aliphatic heterocycles. The van der Waals surface area contributed by atoms with Crippen LogP contribution in [-0.4, -0.2) is 5.78 Å². The molecule has 6 aromatic rings. The third-order valence-corrected chi connectivity index (χ3v) is 21.7. The van der Waals surface area contributed by atoms with Crippen molar-refractivity contribution >= 4 is 72.0 Å². The minimum atomic E-state index is -4.02. The number of carbonyl (C=O) groups is 1. The molecule has 6 rings (SSSR count). The summed E-state index contributed by atoms with van der Waals surface area (Å²) in [5, 5.41) is 5.30. The van der Waals surface area contributed by atoms with Crippen LogP contribution in [0, 0.1) is 12.3 Å². The molecule has 46 heavy (non-hydrogen) atoms. The zero-order valence-electron chi connectivity index (χ0n) is 24.6. The Morgan fingerprint density at radius 1 is 0.348 bits per heavy atom. The molecule has 0 heterocycles. The largest absolute Gasteiger partial charge is 1.00 e. The van der Waals surface area contributed by atoms with Gasteiger partial charge in [0.1, 0.15) is 0 Å². The molecule has 240 valence electrons. The Morgan fingerprint density at radius 2 is 0.500 bits per heavy atom. The average molecular weight is 1040 g/mol. The SMILES string of the molecule is O=C([CH-]P(Cl)(c1ccccc1)(c1ccccc1)c1ccccc1)[CH-]P(Cl)(c1ccccc1)(c1ccccc1)c1ccccc1.[Au+].[Au+]. The molecular weight excluding hydrogens is 1010 g/mol. The number of ketones is 1. The van der Waals surface area contributed by atoms with E-state index in [9.17, 15) is 0 Å². The minimum Gasteiger partial charge on any atom is 1.00 e. The summed E-state index contributed by atoms with van der Waals surface area (Å²) in [7, 11) is 0. The first kappa shape index (κ1) is 36.5. The zero-order chi connectivity index (χ0) is 30.6. The fraction of sp³-hybridized carbons (Fsp3) is 0. The average Bonchev–Trinajstić information content (AvgIpc) is 3.10. The third-order valence-electron chi connectivity index (χ3n) is 8.31. The molecule has 1 nitrogen and oxygen atoms in total. The van der Waals surface area contributed by atoms with Gasteiger partial charge in [-0.15, -0.1) is 0 Å². The number of rotatable bonds is 10. The monoisotopic (exact) mass is 1040 g/mol. The third kappa shape index (κ3) is 6.17. The molecule has 0 aromatic heterocycles. The number of carbonyl (C=O) groups excluding carboxylic acids is 1. The topological polar surface area (TPSA) is 17.1 Å². The van der Waals surface area contributed by atoms with Crippen molar-refractivity contribution in [1.29, 1.82) is 0 Å². The predicted octanol–water partition coefficient (Wildman–Crippen LogP) is 8.24. The van der Waals surface area contributed by atoms with E-state index in [-0.39, 0.29) is 50.5 Å². The summed E-state index contributed by atoms with van der Waals surface area (Å²) in [4.78, 5) is 15.1. The first-order valence-electron chi connectivity index (χ1n) is 14.4. The molecule has 7 heteroatoms. The molecule has 0 radical (unpaired) electrons. The second-order valence-corrected chi connectivity index (χ2v) is 22.9. The molecule has 0 aliphatic carbocycles. The van der Waals surface area contributed by atoms with Crippen molar-refractivity contribution in [2.24, 2.45) is 0 Å². The van der Waals surface area contributed by atoms with Gasteiger partial charge in [-0.3, -0.25) is 0 Å². The summed E-state index contributed by atoms with van der Waals surface area (Å²) >= 11 is 16.6. The van der Waals surface area contributed by atoms with E-state index >= 15 is 4.79 Å². The molecule has 0 aliphatic rings. The maximum Gasteiger partial charge on any atom is 1.00 e. The second kappa shape index (κ2) is 14.8. The van der Waals surface area contributed by atoms with Crippen LogP contribution in [0.1, 0.15) is 0 Å². The summed E-state index contributed by atoms with van der Waals surface area (Å²) in [5.41, 5.74) is 0. The van der Waals surface area contributed by atoms with Crippen molar-refractivity contribution in [2.45, 2.75) is 0 Å². The maximum atomic E-state index is 15.1. The van der Waals surface area contributed by atoms with Crippen molar-refractivity contribution in [1.82, 2.24) is 0 Å². The number of Topliss-reactive ketones (excluding diaryl/α,β-unsaturated/α-hetero) is 1. The molecule has 0 atom stereocenters. The van der Waals surface area contributed by atoms with E-state index in [4.69, 9.17) is 22.5 Å². The molecule has 0 spiro atoms. The Bertz CT molecular complexity index is 1530. The van der Waals surface area contributed by atoms with Crippen molar-refractivity contribution in [3.8, 4) is 0 Å². The van der Waals surface area contributed by atoms with E-state index < -0.39 is 11.9 Å². The molecule has 6 aromatic carbocycles. The van der Waals surface area contributed by atoms with Crippen molar-refractivity contribution in [3.05, 3.63) is 194 Å². The Balaban J connectivity index is 0.00000240. The predicted molar refractivity (Wildman–Crippen MR) is 196 cm³/mol. The quantitative estimate of drug-likeness (QED) is 0.0769. The summed E-state index contributed by atoms with van der Waals surface area (Å²) in [5.74, 6) is -8.27. The van der Waals surface area contributed by atoms with Crippen LogP contribution in [0.3, 0.4) is 0 Å². The van der Waals surface area contributed by atoms with Crippen LogP contribution in [0.15, 0.2) is 182 Å². The smallest absolute Gasteiger partial charge is 1.00 e. The summed E-state index contributed by atoms with van der Waals surface area (Å²) in [6.45, 7) is 0. The molecular formula is C39H32Au2Cl2OP2. The Labute approximate surface area is 313 Å². The van der Waals surface area contributed by atoms with E-state index in [1.54, 1.807) is 12.3 Å². The standard InChI is InChI=1S/C39H32Cl2OP2.2Au/c40-43(34-19-7-1-8-20-34,35-21-9-2-10-22-35,36-23-11-3-12-24-36)31-33(42)32-44(41,37-25-13-4-14-26-37,38-27-15-5-16-28-38)39-29-17-6-18-30-39;;/h1-32H;;/q-2;2*+1. The van der Waals surface area contributed by atoms with E-state index in [0.717, 1.165) is 31.8 Å². The van der Waals surface area contributed by atoms with Gasteiger partial charge in [0, 0.05) is 0 Å². The van der Waals surface area contributed by atoms with Crippen molar-refractivity contribution in [2.75, 3.05) is 0 Å². The van der Waals surface area contributed by atoms with Crippen molar-refractivity contribution < 1.29 is 49.6 Å². The zero-order valence-corrected chi connectivity index (χ0v) is 32.3. The second-order valence-electron chi connectivity index (χ2n) is 10.8. The number of benzene rings is 6. The molecule has 0 saturated heterocycles. The van der Waals surface area contributed by atoms with Gasteiger partial charge in [-0.1, -0.05) is 0 Å². The molecule has 0 amide bonds. The van der Waals surface area contributed by atoms with Gasteiger partial charge in [-0.25, -0.2) is 0 Å². The first-order chi connectivity index (χ1) is 21.4. The van der Waals surface area contributed by atoms with E-state index in [1.807, 2.05) is 182 Å². The van der Waals surface area contributed by atoms with Gasteiger partial charge in [-0.05, 0) is 0 Å².